The SMILES string of the molecule is CC(=O)Cc1cc(Br)ccc1OCC1CCC1. The van der Waals surface area contributed by atoms with Crippen molar-refractivity contribution in [2.24, 2.45) is 5.92 Å². The molecular formula is C14H17BrO2. The zero-order valence-electron chi connectivity index (χ0n) is 10.0. The molecule has 0 aromatic heterocycles. The van der Waals surface area contributed by atoms with E-state index in [9.17, 15) is 4.79 Å². The number of halogens is 1. The van der Waals surface area contributed by atoms with E-state index in [0.717, 1.165) is 22.4 Å². The lowest BCUT2D eigenvalue weighted by atomic mass is 9.86. The summed E-state index contributed by atoms with van der Waals surface area (Å²) >= 11 is 3.42. The molecule has 0 spiro atoms. The predicted octanol–water partition coefficient (Wildman–Crippen LogP) is 3.76. The normalized spacial score (nSPS) is 15.4. The van der Waals surface area contributed by atoms with Gasteiger partial charge in [-0.2, -0.15) is 0 Å². The van der Waals surface area contributed by atoms with Gasteiger partial charge in [0.05, 0.1) is 6.61 Å². The second kappa shape index (κ2) is 5.67. The third kappa shape index (κ3) is 3.56. The molecule has 3 heteroatoms. The van der Waals surface area contributed by atoms with Gasteiger partial charge in [0.1, 0.15) is 11.5 Å². The first-order valence-electron chi connectivity index (χ1n) is 6.06. The molecule has 2 nitrogen and oxygen atoms in total. The number of carbonyl (C=O) groups excluding carboxylic acids is 1. The Balaban J connectivity index is 2.04. The van der Waals surface area contributed by atoms with Gasteiger partial charge in [-0.25, -0.2) is 0 Å². The van der Waals surface area contributed by atoms with Crippen molar-refractivity contribution in [2.75, 3.05) is 6.61 Å². The summed E-state index contributed by atoms with van der Waals surface area (Å²) in [4.78, 5) is 11.2. The van der Waals surface area contributed by atoms with Crippen LogP contribution in [0, 0.1) is 5.92 Å². The molecule has 2 rings (SSSR count). The fraction of sp³-hybridized carbons (Fsp3) is 0.500. The molecule has 1 aliphatic rings. The van der Waals surface area contributed by atoms with Crippen LogP contribution in [0.15, 0.2) is 22.7 Å². The van der Waals surface area contributed by atoms with Crippen molar-refractivity contribution in [1.82, 2.24) is 0 Å². The summed E-state index contributed by atoms with van der Waals surface area (Å²) in [6.45, 7) is 2.39. The molecule has 0 N–H and O–H groups in total. The Labute approximate surface area is 110 Å². The van der Waals surface area contributed by atoms with Gasteiger partial charge in [-0.15, -0.1) is 0 Å². The average Bonchev–Trinajstić information content (AvgIpc) is 2.17. The molecule has 1 aromatic carbocycles. The van der Waals surface area contributed by atoms with Crippen molar-refractivity contribution in [2.45, 2.75) is 32.6 Å². The molecular weight excluding hydrogens is 280 g/mol. The Hall–Kier alpha value is -0.830. The second-order valence-electron chi connectivity index (χ2n) is 4.74. The summed E-state index contributed by atoms with van der Waals surface area (Å²) in [5, 5.41) is 0. The molecule has 0 saturated heterocycles. The average molecular weight is 297 g/mol. The van der Waals surface area contributed by atoms with Crippen molar-refractivity contribution in [3.05, 3.63) is 28.2 Å². The molecule has 92 valence electrons. The number of rotatable bonds is 5. The van der Waals surface area contributed by atoms with Crippen LogP contribution < -0.4 is 4.74 Å². The number of hydrogen-bond acceptors (Lipinski definition) is 2. The van der Waals surface area contributed by atoms with E-state index < -0.39 is 0 Å². The second-order valence-corrected chi connectivity index (χ2v) is 5.65. The first kappa shape index (κ1) is 12.6. The number of hydrogen-bond donors (Lipinski definition) is 0. The maximum atomic E-state index is 11.2. The Morgan fingerprint density at radius 3 is 2.82 bits per heavy atom. The molecule has 1 aromatic rings. The molecule has 1 aliphatic carbocycles. The molecule has 0 atom stereocenters. The van der Waals surface area contributed by atoms with E-state index >= 15 is 0 Å². The highest BCUT2D eigenvalue weighted by Crippen LogP contribution is 2.29. The van der Waals surface area contributed by atoms with E-state index in [1.807, 2.05) is 18.2 Å². The molecule has 0 radical (unpaired) electrons. The number of Topliss-reactive ketones (excluding diaryl/α,β-unsaturated/α-hetero) is 1. The van der Waals surface area contributed by atoms with Crippen LogP contribution in [0.25, 0.3) is 0 Å². The Bertz CT molecular complexity index is 411. The fourth-order valence-corrected chi connectivity index (χ4v) is 2.37. The quantitative estimate of drug-likeness (QED) is 0.827. The summed E-state index contributed by atoms with van der Waals surface area (Å²) in [5.74, 6) is 1.73. The molecule has 17 heavy (non-hydrogen) atoms. The minimum Gasteiger partial charge on any atom is -0.493 e. The lowest BCUT2D eigenvalue weighted by molar-refractivity contribution is -0.116. The van der Waals surface area contributed by atoms with Crippen LogP contribution in [0.5, 0.6) is 5.75 Å². The first-order valence-corrected chi connectivity index (χ1v) is 6.85. The smallest absolute Gasteiger partial charge is 0.134 e. The zero-order chi connectivity index (χ0) is 12.3. The van der Waals surface area contributed by atoms with Gasteiger partial charge in [-0.1, -0.05) is 22.4 Å². The molecule has 0 unspecified atom stereocenters. The van der Waals surface area contributed by atoms with E-state index in [0.29, 0.717) is 12.3 Å². The van der Waals surface area contributed by atoms with Crippen molar-refractivity contribution in [1.29, 1.82) is 0 Å². The zero-order valence-corrected chi connectivity index (χ0v) is 11.6. The maximum Gasteiger partial charge on any atom is 0.134 e. The molecule has 1 fully saturated rings. The van der Waals surface area contributed by atoms with Crippen LogP contribution >= 0.6 is 15.9 Å². The lowest BCUT2D eigenvalue weighted by Crippen LogP contribution is -2.19. The van der Waals surface area contributed by atoms with Crippen LogP contribution in [0.2, 0.25) is 0 Å². The van der Waals surface area contributed by atoms with Crippen LogP contribution in [0.4, 0.5) is 0 Å². The van der Waals surface area contributed by atoms with Gasteiger partial charge in [-0.3, -0.25) is 4.79 Å². The van der Waals surface area contributed by atoms with Crippen LogP contribution in [0.1, 0.15) is 31.7 Å². The highest BCUT2D eigenvalue weighted by Gasteiger charge is 2.18. The topological polar surface area (TPSA) is 26.3 Å². The molecule has 0 heterocycles. The summed E-state index contributed by atoms with van der Waals surface area (Å²) in [6.07, 6.45) is 4.32. The molecule has 0 aliphatic heterocycles. The minimum absolute atomic E-state index is 0.164. The largest absolute Gasteiger partial charge is 0.493 e. The van der Waals surface area contributed by atoms with Crippen molar-refractivity contribution >= 4 is 21.7 Å². The Kier molecular flexibility index (Phi) is 4.21. The highest BCUT2D eigenvalue weighted by molar-refractivity contribution is 9.10. The molecule has 0 amide bonds. The summed E-state index contributed by atoms with van der Waals surface area (Å²) in [6, 6.07) is 5.87. The van der Waals surface area contributed by atoms with Crippen LogP contribution in [-0.4, -0.2) is 12.4 Å². The summed E-state index contributed by atoms with van der Waals surface area (Å²) < 4.78 is 6.81. The number of benzene rings is 1. The van der Waals surface area contributed by atoms with Crippen LogP contribution in [-0.2, 0) is 11.2 Å². The number of ketones is 1. The van der Waals surface area contributed by atoms with Crippen molar-refractivity contribution < 1.29 is 9.53 Å². The third-order valence-corrected chi connectivity index (χ3v) is 3.65. The lowest BCUT2D eigenvalue weighted by Gasteiger charge is -2.25. The minimum atomic E-state index is 0.164. The monoisotopic (exact) mass is 296 g/mol. The van der Waals surface area contributed by atoms with E-state index in [1.165, 1.54) is 19.3 Å². The summed E-state index contributed by atoms with van der Waals surface area (Å²) in [5.41, 5.74) is 0.978. The number of carbonyl (C=O) groups is 1. The van der Waals surface area contributed by atoms with Gasteiger partial charge in [0.2, 0.25) is 0 Å². The van der Waals surface area contributed by atoms with Gasteiger partial charge in [0.25, 0.3) is 0 Å². The molecule has 1 saturated carbocycles. The van der Waals surface area contributed by atoms with Gasteiger partial charge in [0, 0.05) is 16.5 Å². The van der Waals surface area contributed by atoms with E-state index in [-0.39, 0.29) is 5.78 Å². The fourth-order valence-electron chi connectivity index (χ4n) is 1.96. The van der Waals surface area contributed by atoms with Gasteiger partial charge < -0.3 is 4.74 Å². The Morgan fingerprint density at radius 1 is 1.47 bits per heavy atom. The number of ether oxygens (including phenoxy) is 1. The van der Waals surface area contributed by atoms with Gasteiger partial charge in [0.15, 0.2) is 0 Å². The van der Waals surface area contributed by atoms with Gasteiger partial charge in [-0.05, 0) is 43.9 Å². The third-order valence-electron chi connectivity index (χ3n) is 3.16. The molecule has 0 bridgehead atoms. The highest BCUT2D eigenvalue weighted by atomic mass is 79.9. The summed E-state index contributed by atoms with van der Waals surface area (Å²) in [7, 11) is 0. The standard InChI is InChI=1S/C14H17BrO2/c1-10(16)7-12-8-13(15)5-6-14(12)17-9-11-3-2-4-11/h5-6,8,11H,2-4,7,9H2,1H3. The van der Waals surface area contributed by atoms with E-state index in [4.69, 9.17) is 4.74 Å². The van der Waals surface area contributed by atoms with E-state index in [1.54, 1.807) is 6.92 Å². The van der Waals surface area contributed by atoms with Crippen LogP contribution in [0.3, 0.4) is 0 Å². The Morgan fingerprint density at radius 2 is 2.24 bits per heavy atom. The van der Waals surface area contributed by atoms with Crippen molar-refractivity contribution in [3.63, 3.8) is 0 Å². The van der Waals surface area contributed by atoms with Gasteiger partial charge >= 0.3 is 0 Å². The first-order chi connectivity index (χ1) is 8.15. The predicted molar refractivity (Wildman–Crippen MR) is 71.4 cm³/mol. The van der Waals surface area contributed by atoms with Crippen molar-refractivity contribution in [3.8, 4) is 5.75 Å². The van der Waals surface area contributed by atoms with E-state index in [2.05, 4.69) is 15.9 Å². The maximum absolute atomic E-state index is 11.2.